The van der Waals surface area contributed by atoms with Gasteiger partial charge in [-0.25, -0.2) is 0 Å². The fraction of sp³-hybridized carbons (Fsp3) is 0.733. The Balaban J connectivity index is 1.71. The Labute approximate surface area is 120 Å². The summed E-state index contributed by atoms with van der Waals surface area (Å²) in [6.07, 6.45) is 2.44. The molecular weight excluding hydrogens is 258 g/mol. The molecule has 0 amide bonds. The van der Waals surface area contributed by atoms with E-state index in [4.69, 9.17) is 4.74 Å². The van der Waals surface area contributed by atoms with Gasteiger partial charge in [-0.2, -0.15) is 11.3 Å². The molecule has 2 rings (SSSR count). The Morgan fingerprint density at radius 1 is 1.37 bits per heavy atom. The predicted octanol–water partition coefficient (Wildman–Crippen LogP) is 2.89. The molecule has 0 aromatic carbocycles. The molecule has 0 saturated heterocycles. The lowest BCUT2D eigenvalue weighted by Crippen LogP contribution is -2.51. The van der Waals surface area contributed by atoms with Crippen LogP contribution in [0.4, 0.5) is 0 Å². The van der Waals surface area contributed by atoms with Gasteiger partial charge in [-0.1, -0.05) is 0 Å². The van der Waals surface area contributed by atoms with Crippen molar-refractivity contribution in [1.29, 1.82) is 0 Å². The molecule has 0 bridgehead atoms. The molecule has 1 heterocycles. The number of nitrogens with one attached hydrogen (secondary N) is 1. The van der Waals surface area contributed by atoms with Crippen LogP contribution in [0.1, 0.15) is 46.1 Å². The maximum Gasteiger partial charge on any atom is 0.1000 e. The van der Waals surface area contributed by atoms with Gasteiger partial charge in [-0.3, -0.25) is 0 Å². The van der Waals surface area contributed by atoms with Crippen LogP contribution >= 0.6 is 11.3 Å². The highest BCUT2D eigenvalue weighted by molar-refractivity contribution is 7.08. The van der Waals surface area contributed by atoms with Gasteiger partial charge < -0.3 is 15.2 Å². The lowest BCUT2D eigenvalue weighted by Gasteiger charge is -2.40. The highest BCUT2D eigenvalue weighted by atomic mass is 32.1. The minimum Gasteiger partial charge on any atom is -0.384 e. The third kappa shape index (κ3) is 4.28. The summed E-state index contributed by atoms with van der Waals surface area (Å²) < 4.78 is 5.91. The van der Waals surface area contributed by atoms with Gasteiger partial charge in [0.15, 0.2) is 0 Å². The monoisotopic (exact) mass is 283 g/mol. The Bertz CT molecular complexity index is 389. The van der Waals surface area contributed by atoms with Crippen LogP contribution in [-0.2, 0) is 10.3 Å². The van der Waals surface area contributed by atoms with Crippen molar-refractivity contribution in [2.75, 3.05) is 6.54 Å². The van der Waals surface area contributed by atoms with Gasteiger partial charge in [-0.05, 0) is 62.9 Å². The second-order valence-electron chi connectivity index (χ2n) is 6.69. The largest absolute Gasteiger partial charge is 0.384 e. The average molecular weight is 283 g/mol. The molecule has 1 saturated carbocycles. The van der Waals surface area contributed by atoms with Crippen molar-refractivity contribution >= 4 is 11.3 Å². The topological polar surface area (TPSA) is 41.5 Å². The standard InChI is InChI=1S/C15H25NO2S/c1-14(2,3)18-13-7-12(8-13)16-10-15(4,17)11-5-6-19-9-11/h5-6,9,12-13,16-17H,7-8,10H2,1-4H3. The zero-order valence-electron chi connectivity index (χ0n) is 12.3. The molecular formula is C15H25NO2S. The lowest BCUT2D eigenvalue weighted by atomic mass is 9.87. The summed E-state index contributed by atoms with van der Waals surface area (Å²) >= 11 is 1.62. The molecule has 1 unspecified atom stereocenters. The van der Waals surface area contributed by atoms with Crippen molar-refractivity contribution in [3.05, 3.63) is 22.4 Å². The van der Waals surface area contributed by atoms with Crippen molar-refractivity contribution in [3.8, 4) is 0 Å². The number of thiophene rings is 1. The van der Waals surface area contributed by atoms with Gasteiger partial charge in [0.1, 0.15) is 0 Å². The van der Waals surface area contributed by atoms with Gasteiger partial charge in [0, 0.05) is 12.6 Å². The molecule has 0 aliphatic heterocycles. The zero-order valence-corrected chi connectivity index (χ0v) is 13.1. The SMILES string of the molecule is CC(C)(C)OC1CC(NCC(C)(O)c2ccsc2)C1. The minimum absolute atomic E-state index is 0.0577. The van der Waals surface area contributed by atoms with Crippen LogP contribution < -0.4 is 5.32 Å². The van der Waals surface area contributed by atoms with Gasteiger partial charge >= 0.3 is 0 Å². The number of hydrogen-bond donors (Lipinski definition) is 2. The molecule has 1 atom stereocenters. The Kier molecular flexibility index (Phi) is 4.35. The van der Waals surface area contributed by atoms with Crippen LogP contribution in [0.5, 0.6) is 0 Å². The summed E-state index contributed by atoms with van der Waals surface area (Å²) in [4.78, 5) is 0. The van der Waals surface area contributed by atoms with Gasteiger partial charge in [0.05, 0.1) is 17.3 Å². The third-order valence-corrected chi connectivity index (χ3v) is 4.18. The fourth-order valence-electron chi connectivity index (χ4n) is 2.34. The van der Waals surface area contributed by atoms with Crippen LogP contribution in [-0.4, -0.2) is 29.4 Å². The first-order valence-electron chi connectivity index (χ1n) is 6.92. The Morgan fingerprint density at radius 3 is 2.58 bits per heavy atom. The first-order valence-corrected chi connectivity index (χ1v) is 7.87. The second kappa shape index (κ2) is 5.52. The molecule has 3 nitrogen and oxygen atoms in total. The smallest absolute Gasteiger partial charge is 0.1000 e. The molecule has 1 aliphatic rings. The highest BCUT2D eigenvalue weighted by Gasteiger charge is 2.34. The molecule has 1 aromatic heterocycles. The molecule has 1 aliphatic carbocycles. The molecule has 2 N–H and O–H groups in total. The van der Waals surface area contributed by atoms with E-state index in [1.807, 2.05) is 23.8 Å². The van der Waals surface area contributed by atoms with E-state index < -0.39 is 5.60 Å². The summed E-state index contributed by atoms with van der Waals surface area (Å²) in [7, 11) is 0. The van der Waals surface area contributed by atoms with E-state index in [-0.39, 0.29) is 5.60 Å². The summed E-state index contributed by atoms with van der Waals surface area (Å²) in [5.74, 6) is 0. The number of ether oxygens (including phenoxy) is 1. The maximum absolute atomic E-state index is 10.4. The minimum atomic E-state index is -0.782. The van der Waals surface area contributed by atoms with Crippen LogP contribution in [0.25, 0.3) is 0 Å². The summed E-state index contributed by atoms with van der Waals surface area (Å²) in [5.41, 5.74) is 0.153. The normalized spacial score (nSPS) is 26.8. The fourth-order valence-corrected chi connectivity index (χ4v) is 3.13. The summed E-state index contributed by atoms with van der Waals surface area (Å²) in [6.45, 7) is 8.74. The van der Waals surface area contributed by atoms with Crippen molar-refractivity contribution in [3.63, 3.8) is 0 Å². The lowest BCUT2D eigenvalue weighted by molar-refractivity contribution is -0.104. The number of aliphatic hydroxyl groups is 1. The van der Waals surface area contributed by atoms with E-state index in [2.05, 4.69) is 26.1 Å². The van der Waals surface area contributed by atoms with Crippen molar-refractivity contribution in [2.24, 2.45) is 0 Å². The van der Waals surface area contributed by atoms with E-state index in [1.54, 1.807) is 11.3 Å². The van der Waals surface area contributed by atoms with E-state index in [9.17, 15) is 5.11 Å². The maximum atomic E-state index is 10.4. The quantitative estimate of drug-likeness (QED) is 0.873. The van der Waals surface area contributed by atoms with E-state index >= 15 is 0 Å². The first-order chi connectivity index (χ1) is 8.76. The Hall–Kier alpha value is -0.420. The average Bonchev–Trinajstić information content (AvgIpc) is 2.73. The van der Waals surface area contributed by atoms with Crippen LogP contribution in [0.2, 0.25) is 0 Å². The Morgan fingerprint density at radius 2 is 2.05 bits per heavy atom. The predicted molar refractivity (Wildman–Crippen MR) is 79.5 cm³/mol. The molecule has 108 valence electrons. The number of rotatable bonds is 5. The van der Waals surface area contributed by atoms with Crippen LogP contribution in [0, 0.1) is 0 Å². The number of hydrogen-bond acceptors (Lipinski definition) is 4. The highest BCUT2D eigenvalue weighted by Crippen LogP contribution is 2.29. The van der Waals surface area contributed by atoms with Crippen LogP contribution in [0.15, 0.2) is 16.8 Å². The summed E-state index contributed by atoms with van der Waals surface area (Å²) in [6, 6.07) is 2.45. The summed E-state index contributed by atoms with van der Waals surface area (Å²) in [5, 5.41) is 17.9. The van der Waals surface area contributed by atoms with Crippen molar-refractivity contribution in [1.82, 2.24) is 5.32 Å². The second-order valence-corrected chi connectivity index (χ2v) is 7.47. The van der Waals surface area contributed by atoms with E-state index in [0.29, 0.717) is 18.7 Å². The van der Waals surface area contributed by atoms with E-state index in [1.165, 1.54) is 0 Å². The molecule has 1 fully saturated rings. The van der Waals surface area contributed by atoms with Gasteiger partial charge in [-0.15, -0.1) is 0 Å². The van der Waals surface area contributed by atoms with E-state index in [0.717, 1.165) is 18.4 Å². The van der Waals surface area contributed by atoms with Crippen molar-refractivity contribution < 1.29 is 9.84 Å². The molecule has 4 heteroatoms. The molecule has 19 heavy (non-hydrogen) atoms. The molecule has 1 aromatic rings. The van der Waals surface area contributed by atoms with Crippen LogP contribution in [0.3, 0.4) is 0 Å². The van der Waals surface area contributed by atoms with Gasteiger partial charge in [0.25, 0.3) is 0 Å². The molecule has 0 radical (unpaired) electrons. The van der Waals surface area contributed by atoms with Gasteiger partial charge in [0.2, 0.25) is 0 Å². The zero-order chi connectivity index (χ0) is 14.1. The first kappa shape index (κ1) is 15.0. The third-order valence-electron chi connectivity index (χ3n) is 3.49. The van der Waals surface area contributed by atoms with Crippen molar-refractivity contribution in [2.45, 2.75) is 63.9 Å². The molecule has 0 spiro atoms.